The number of nitrogens with zero attached hydrogens (tertiary/aromatic N) is 1. The molecule has 1 N–H and O–H groups in total. The Labute approximate surface area is 187 Å². The Balaban J connectivity index is 1.92. The van der Waals surface area contributed by atoms with Gasteiger partial charge in [-0.1, -0.05) is 17.7 Å². The fourth-order valence-electron chi connectivity index (χ4n) is 3.20. The highest BCUT2D eigenvalue weighted by Gasteiger charge is 2.27. The largest absolute Gasteiger partial charge is 0.494 e. The van der Waals surface area contributed by atoms with E-state index in [4.69, 9.17) is 4.74 Å². The second-order valence-electron chi connectivity index (χ2n) is 7.26. The van der Waals surface area contributed by atoms with E-state index in [-0.39, 0.29) is 10.6 Å². The van der Waals surface area contributed by atoms with Crippen LogP contribution in [0.2, 0.25) is 0 Å². The van der Waals surface area contributed by atoms with Crippen molar-refractivity contribution < 1.29 is 22.3 Å². The Morgan fingerprint density at radius 3 is 2.25 bits per heavy atom. The number of nitrogens with one attached hydrogen (secondary N) is 1. The number of sulfonamides is 1. The molecule has 3 aromatic carbocycles. The highest BCUT2D eigenvalue weighted by atomic mass is 32.2. The first-order chi connectivity index (χ1) is 15.2. The molecule has 0 unspecified atom stereocenters. The highest BCUT2D eigenvalue weighted by molar-refractivity contribution is 7.92. The number of carbonyl (C=O) groups is 1. The third-order valence-corrected chi connectivity index (χ3v) is 6.57. The molecule has 0 aliphatic heterocycles. The lowest BCUT2D eigenvalue weighted by molar-refractivity contribution is -0.114. The molecule has 0 saturated carbocycles. The summed E-state index contributed by atoms with van der Waals surface area (Å²) in [7, 11) is -4.11. The minimum absolute atomic E-state index is 0.00963. The van der Waals surface area contributed by atoms with E-state index in [1.807, 2.05) is 32.9 Å². The van der Waals surface area contributed by atoms with Crippen LogP contribution in [0.5, 0.6) is 5.75 Å². The molecule has 0 spiro atoms. The number of hydrogen-bond donors (Lipinski definition) is 1. The van der Waals surface area contributed by atoms with Crippen molar-refractivity contribution in [3.8, 4) is 5.75 Å². The molecule has 0 aliphatic rings. The van der Waals surface area contributed by atoms with Crippen LogP contribution in [-0.4, -0.2) is 27.5 Å². The van der Waals surface area contributed by atoms with Crippen LogP contribution in [0.15, 0.2) is 71.6 Å². The van der Waals surface area contributed by atoms with Crippen molar-refractivity contribution in [1.29, 1.82) is 0 Å². The summed E-state index contributed by atoms with van der Waals surface area (Å²) in [4.78, 5) is 12.8. The van der Waals surface area contributed by atoms with E-state index in [9.17, 15) is 17.6 Å². The van der Waals surface area contributed by atoms with Crippen molar-refractivity contribution in [1.82, 2.24) is 0 Å². The molecule has 0 saturated heterocycles. The Morgan fingerprint density at radius 1 is 1.00 bits per heavy atom. The van der Waals surface area contributed by atoms with E-state index < -0.39 is 28.3 Å². The van der Waals surface area contributed by atoms with Gasteiger partial charge in [0, 0.05) is 5.69 Å². The van der Waals surface area contributed by atoms with Crippen molar-refractivity contribution in [2.45, 2.75) is 25.7 Å². The first-order valence-electron chi connectivity index (χ1n) is 10.1. The highest BCUT2D eigenvalue weighted by Crippen LogP contribution is 2.26. The molecule has 0 bridgehead atoms. The number of benzene rings is 3. The van der Waals surface area contributed by atoms with Crippen molar-refractivity contribution in [3.63, 3.8) is 0 Å². The van der Waals surface area contributed by atoms with Crippen LogP contribution in [0.1, 0.15) is 18.1 Å². The second kappa shape index (κ2) is 9.82. The number of amides is 1. The van der Waals surface area contributed by atoms with E-state index in [2.05, 4.69) is 5.32 Å². The van der Waals surface area contributed by atoms with Gasteiger partial charge in [-0.05, 0) is 80.9 Å². The van der Waals surface area contributed by atoms with Gasteiger partial charge in [-0.3, -0.25) is 9.10 Å². The zero-order valence-corrected chi connectivity index (χ0v) is 18.9. The van der Waals surface area contributed by atoms with E-state index in [1.54, 1.807) is 18.2 Å². The van der Waals surface area contributed by atoms with Crippen LogP contribution in [0.3, 0.4) is 0 Å². The molecule has 3 rings (SSSR count). The predicted octanol–water partition coefficient (Wildman–Crippen LogP) is 4.68. The first-order valence-corrected chi connectivity index (χ1v) is 11.5. The van der Waals surface area contributed by atoms with Gasteiger partial charge in [0.15, 0.2) is 0 Å². The summed E-state index contributed by atoms with van der Waals surface area (Å²) < 4.78 is 46.6. The third-order valence-electron chi connectivity index (χ3n) is 4.78. The second-order valence-corrected chi connectivity index (χ2v) is 9.12. The van der Waals surface area contributed by atoms with Crippen LogP contribution in [-0.2, 0) is 14.8 Å². The number of ether oxygens (including phenoxy) is 1. The van der Waals surface area contributed by atoms with Gasteiger partial charge in [-0.2, -0.15) is 0 Å². The molecule has 0 aliphatic carbocycles. The minimum atomic E-state index is -4.11. The van der Waals surface area contributed by atoms with Crippen LogP contribution in [0.4, 0.5) is 15.8 Å². The van der Waals surface area contributed by atoms with Gasteiger partial charge in [-0.15, -0.1) is 0 Å². The molecule has 0 radical (unpaired) electrons. The van der Waals surface area contributed by atoms with Gasteiger partial charge >= 0.3 is 0 Å². The molecule has 168 valence electrons. The molecule has 32 heavy (non-hydrogen) atoms. The van der Waals surface area contributed by atoms with Crippen molar-refractivity contribution in [2.24, 2.45) is 0 Å². The summed E-state index contributed by atoms with van der Waals surface area (Å²) in [6.45, 7) is 5.60. The minimum Gasteiger partial charge on any atom is -0.494 e. The molecule has 0 fully saturated rings. The lowest BCUT2D eigenvalue weighted by Gasteiger charge is -2.24. The summed E-state index contributed by atoms with van der Waals surface area (Å²) in [6.07, 6.45) is 0. The normalized spacial score (nSPS) is 11.1. The van der Waals surface area contributed by atoms with E-state index in [1.165, 1.54) is 24.3 Å². The molecule has 0 atom stereocenters. The summed E-state index contributed by atoms with van der Waals surface area (Å²) in [5.41, 5.74) is 2.68. The maximum absolute atomic E-state index is 13.5. The first kappa shape index (κ1) is 23.3. The molecule has 1 amide bonds. The van der Waals surface area contributed by atoms with Crippen LogP contribution >= 0.6 is 0 Å². The zero-order chi connectivity index (χ0) is 23.3. The average Bonchev–Trinajstić information content (AvgIpc) is 2.75. The third kappa shape index (κ3) is 5.45. The summed E-state index contributed by atoms with van der Waals surface area (Å²) in [5, 5.41) is 2.76. The summed E-state index contributed by atoms with van der Waals surface area (Å²) >= 11 is 0. The maximum Gasteiger partial charge on any atom is 0.264 e. The van der Waals surface area contributed by atoms with Gasteiger partial charge in [0.1, 0.15) is 18.1 Å². The molecule has 3 aromatic rings. The van der Waals surface area contributed by atoms with Gasteiger partial charge in [0.25, 0.3) is 10.0 Å². The predicted molar refractivity (Wildman–Crippen MR) is 123 cm³/mol. The van der Waals surface area contributed by atoms with E-state index in [0.29, 0.717) is 18.0 Å². The SMILES string of the molecule is CCOc1ccc(S(=O)(=O)N(CC(=O)Nc2ccc(C)cc2C)c2ccc(F)cc2)cc1. The zero-order valence-electron chi connectivity index (χ0n) is 18.1. The number of hydrogen-bond acceptors (Lipinski definition) is 4. The number of halogens is 1. The summed E-state index contributed by atoms with van der Waals surface area (Å²) in [5.74, 6) is -0.491. The van der Waals surface area contributed by atoms with Gasteiger partial charge in [0.05, 0.1) is 17.2 Å². The molecular weight excluding hydrogens is 431 g/mol. The topological polar surface area (TPSA) is 75.7 Å². The Morgan fingerprint density at radius 2 is 1.66 bits per heavy atom. The molecule has 0 heterocycles. The standard InChI is InChI=1S/C24H25FN2O4S/c1-4-31-21-10-12-22(13-11-21)32(29,30)27(20-8-6-19(25)7-9-20)16-24(28)26-23-14-5-17(2)15-18(23)3/h5-15H,4,16H2,1-3H3,(H,26,28). The maximum atomic E-state index is 13.5. The number of aryl methyl sites for hydroxylation is 2. The Bertz CT molecular complexity index is 1190. The number of rotatable bonds is 8. The van der Waals surface area contributed by atoms with Crippen molar-refractivity contribution >= 4 is 27.3 Å². The molecule has 8 heteroatoms. The van der Waals surface area contributed by atoms with Gasteiger partial charge in [-0.25, -0.2) is 12.8 Å². The van der Waals surface area contributed by atoms with Gasteiger partial charge < -0.3 is 10.1 Å². The lowest BCUT2D eigenvalue weighted by Crippen LogP contribution is -2.38. The monoisotopic (exact) mass is 456 g/mol. The quantitative estimate of drug-likeness (QED) is 0.534. The molecule has 6 nitrogen and oxygen atoms in total. The number of anilines is 2. The van der Waals surface area contributed by atoms with E-state index in [0.717, 1.165) is 27.6 Å². The summed E-state index contributed by atoms with van der Waals surface area (Å²) in [6, 6.07) is 16.4. The number of carbonyl (C=O) groups excluding carboxylic acids is 1. The van der Waals surface area contributed by atoms with Crippen molar-refractivity contribution in [2.75, 3.05) is 22.8 Å². The van der Waals surface area contributed by atoms with Gasteiger partial charge in [0.2, 0.25) is 5.91 Å². The lowest BCUT2D eigenvalue weighted by atomic mass is 10.1. The fraction of sp³-hybridized carbons (Fsp3) is 0.208. The van der Waals surface area contributed by atoms with Crippen LogP contribution in [0.25, 0.3) is 0 Å². The van der Waals surface area contributed by atoms with E-state index >= 15 is 0 Å². The molecule has 0 aromatic heterocycles. The van der Waals surface area contributed by atoms with Crippen LogP contribution in [0, 0.1) is 19.7 Å². The average molecular weight is 457 g/mol. The fourth-order valence-corrected chi connectivity index (χ4v) is 4.62. The molecular formula is C24H25FN2O4S. The van der Waals surface area contributed by atoms with Crippen LogP contribution < -0.4 is 14.4 Å². The van der Waals surface area contributed by atoms with Crippen molar-refractivity contribution in [3.05, 3.63) is 83.7 Å². The smallest absolute Gasteiger partial charge is 0.264 e. The Kier molecular flexibility index (Phi) is 7.15. The Hall–Kier alpha value is -3.39.